The van der Waals surface area contributed by atoms with Crippen molar-refractivity contribution < 1.29 is 0 Å². The molecule has 1 aliphatic carbocycles. The van der Waals surface area contributed by atoms with Gasteiger partial charge in [-0.1, -0.05) is 5.21 Å². The molecule has 2 aliphatic rings. The number of nitrogens with zero attached hydrogens (tertiary/aromatic N) is 4. The highest BCUT2D eigenvalue weighted by molar-refractivity contribution is 5.05. The zero-order chi connectivity index (χ0) is 12.8. The maximum absolute atomic E-state index is 4.20. The molecule has 2 atom stereocenters. The summed E-state index contributed by atoms with van der Waals surface area (Å²) in [6.07, 6.45) is 4.79. The first kappa shape index (κ1) is 12.1. The predicted molar refractivity (Wildman–Crippen MR) is 70.0 cm³/mol. The molecule has 1 aromatic rings. The number of nitrogens with one attached hydrogen (secondary N) is 1. The van der Waals surface area contributed by atoms with Crippen LogP contribution in [0.1, 0.15) is 32.4 Å². The topological polar surface area (TPSA) is 46.0 Å². The fourth-order valence-electron chi connectivity index (χ4n) is 3.03. The molecular weight excluding hydrogens is 226 g/mol. The summed E-state index contributed by atoms with van der Waals surface area (Å²) in [5.41, 5.74) is 1.37. The Morgan fingerprint density at radius 2 is 2.28 bits per heavy atom. The minimum absolute atomic E-state index is 0.300. The minimum atomic E-state index is 0.300. The molecule has 1 saturated heterocycles. The maximum Gasteiger partial charge on any atom is 0.0967 e. The van der Waals surface area contributed by atoms with Crippen molar-refractivity contribution in [2.24, 2.45) is 13.0 Å². The van der Waals surface area contributed by atoms with Crippen LogP contribution >= 0.6 is 0 Å². The van der Waals surface area contributed by atoms with Gasteiger partial charge < -0.3 is 5.32 Å². The van der Waals surface area contributed by atoms with Crippen molar-refractivity contribution in [2.45, 2.75) is 44.8 Å². The Labute approximate surface area is 109 Å². The summed E-state index contributed by atoms with van der Waals surface area (Å²) in [5, 5.41) is 12.0. The highest BCUT2D eigenvalue weighted by Crippen LogP contribution is 2.41. The highest BCUT2D eigenvalue weighted by Gasteiger charge is 2.45. The number of aromatic nitrogens is 3. The molecule has 0 aromatic carbocycles. The molecule has 1 aromatic heterocycles. The molecule has 1 saturated carbocycles. The van der Waals surface area contributed by atoms with E-state index in [4.69, 9.17) is 0 Å². The van der Waals surface area contributed by atoms with Gasteiger partial charge in [0.05, 0.1) is 5.69 Å². The third-order valence-corrected chi connectivity index (χ3v) is 4.45. The number of piperazine rings is 1. The van der Waals surface area contributed by atoms with Crippen LogP contribution in [0, 0.1) is 5.92 Å². The molecule has 2 unspecified atom stereocenters. The van der Waals surface area contributed by atoms with Gasteiger partial charge in [-0.05, 0) is 32.6 Å². The summed E-state index contributed by atoms with van der Waals surface area (Å²) in [7, 11) is 1.92. The Morgan fingerprint density at radius 1 is 1.50 bits per heavy atom. The SMILES string of the molecule is CC1CNC(C)(C2CC2)CN1Cc1cn(C)nn1. The molecule has 2 fully saturated rings. The molecule has 5 heteroatoms. The van der Waals surface area contributed by atoms with E-state index in [0.717, 1.165) is 31.2 Å². The first-order chi connectivity index (χ1) is 8.57. The Kier molecular flexibility index (Phi) is 2.90. The average molecular weight is 249 g/mol. The van der Waals surface area contributed by atoms with Crippen molar-refractivity contribution >= 4 is 0 Å². The standard InChI is InChI=1S/C13H23N5/c1-10-6-14-13(2,11-4-5-11)9-18(10)8-12-7-17(3)16-15-12/h7,10-11,14H,4-6,8-9H2,1-3H3. The van der Waals surface area contributed by atoms with E-state index in [1.165, 1.54) is 12.8 Å². The molecule has 0 radical (unpaired) electrons. The van der Waals surface area contributed by atoms with Crippen molar-refractivity contribution in [3.63, 3.8) is 0 Å². The van der Waals surface area contributed by atoms with Gasteiger partial charge >= 0.3 is 0 Å². The smallest absolute Gasteiger partial charge is 0.0967 e. The molecule has 100 valence electrons. The Hall–Kier alpha value is -0.940. The maximum atomic E-state index is 4.20. The first-order valence-corrected chi connectivity index (χ1v) is 6.91. The van der Waals surface area contributed by atoms with Crippen LogP contribution in [0.25, 0.3) is 0 Å². The van der Waals surface area contributed by atoms with Gasteiger partial charge in [-0.2, -0.15) is 0 Å². The molecule has 5 nitrogen and oxygen atoms in total. The number of hydrogen-bond acceptors (Lipinski definition) is 4. The summed E-state index contributed by atoms with van der Waals surface area (Å²) in [4.78, 5) is 2.54. The third kappa shape index (κ3) is 2.29. The van der Waals surface area contributed by atoms with Gasteiger partial charge in [0, 0.05) is 44.5 Å². The van der Waals surface area contributed by atoms with Crippen LogP contribution in [0.2, 0.25) is 0 Å². The van der Waals surface area contributed by atoms with Crippen LogP contribution in [0.15, 0.2) is 6.20 Å². The summed E-state index contributed by atoms with van der Waals surface area (Å²) in [6.45, 7) is 7.78. The van der Waals surface area contributed by atoms with E-state index < -0.39 is 0 Å². The monoisotopic (exact) mass is 249 g/mol. The van der Waals surface area contributed by atoms with Crippen molar-refractivity contribution in [1.29, 1.82) is 0 Å². The minimum Gasteiger partial charge on any atom is -0.308 e. The normalized spacial score (nSPS) is 33.8. The molecular formula is C13H23N5. The summed E-state index contributed by atoms with van der Waals surface area (Å²) >= 11 is 0. The molecule has 3 rings (SSSR count). The number of hydrogen-bond donors (Lipinski definition) is 1. The number of rotatable bonds is 3. The van der Waals surface area contributed by atoms with Crippen LogP contribution in [-0.2, 0) is 13.6 Å². The lowest BCUT2D eigenvalue weighted by Crippen LogP contribution is -2.62. The van der Waals surface area contributed by atoms with Gasteiger partial charge in [0.25, 0.3) is 0 Å². The van der Waals surface area contributed by atoms with Gasteiger partial charge in [0.1, 0.15) is 0 Å². The molecule has 1 N–H and O–H groups in total. The average Bonchev–Trinajstić information content (AvgIpc) is 3.10. The molecule has 0 spiro atoms. The zero-order valence-electron chi connectivity index (χ0n) is 11.6. The lowest BCUT2D eigenvalue weighted by Gasteiger charge is -2.45. The number of aryl methyl sites for hydroxylation is 1. The zero-order valence-corrected chi connectivity index (χ0v) is 11.6. The van der Waals surface area contributed by atoms with Gasteiger partial charge in [0.2, 0.25) is 0 Å². The van der Waals surface area contributed by atoms with E-state index in [9.17, 15) is 0 Å². The second kappa shape index (κ2) is 4.31. The van der Waals surface area contributed by atoms with Gasteiger partial charge in [-0.3, -0.25) is 9.58 Å². The first-order valence-electron chi connectivity index (χ1n) is 6.91. The van der Waals surface area contributed by atoms with Crippen LogP contribution in [0.4, 0.5) is 0 Å². The van der Waals surface area contributed by atoms with E-state index in [-0.39, 0.29) is 0 Å². The lowest BCUT2D eigenvalue weighted by atomic mass is 9.91. The van der Waals surface area contributed by atoms with Gasteiger partial charge in [-0.25, -0.2) is 0 Å². The van der Waals surface area contributed by atoms with Gasteiger partial charge in [-0.15, -0.1) is 5.10 Å². The highest BCUT2D eigenvalue weighted by atomic mass is 15.4. The van der Waals surface area contributed by atoms with Crippen LogP contribution in [0.5, 0.6) is 0 Å². The fourth-order valence-corrected chi connectivity index (χ4v) is 3.03. The van der Waals surface area contributed by atoms with Crippen LogP contribution in [0.3, 0.4) is 0 Å². The van der Waals surface area contributed by atoms with E-state index >= 15 is 0 Å². The Balaban J connectivity index is 1.69. The quantitative estimate of drug-likeness (QED) is 0.860. The van der Waals surface area contributed by atoms with Crippen molar-refractivity contribution in [1.82, 2.24) is 25.2 Å². The molecule has 0 amide bonds. The van der Waals surface area contributed by atoms with E-state index in [1.807, 2.05) is 13.2 Å². The largest absolute Gasteiger partial charge is 0.308 e. The Bertz CT molecular complexity index is 425. The van der Waals surface area contributed by atoms with Crippen molar-refractivity contribution in [3.05, 3.63) is 11.9 Å². The van der Waals surface area contributed by atoms with Crippen molar-refractivity contribution in [2.75, 3.05) is 13.1 Å². The van der Waals surface area contributed by atoms with Crippen LogP contribution < -0.4 is 5.32 Å². The molecule has 18 heavy (non-hydrogen) atoms. The lowest BCUT2D eigenvalue weighted by molar-refractivity contribution is 0.0759. The fraction of sp³-hybridized carbons (Fsp3) is 0.846. The predicted octanol–water partition coefficient (Wildman–Crippen LogP) is 0.777. The summed E-state index contributed by atoms with van der Waals surface area (Å²) < 4.78 is 1.78. The van der Waals surface area contributed by atoms with E-state index in [0.29, 0.717) is 11.6 Å². The van der Waals surface area contributed by atoms with Crippen molar-refractivity contribution in [3.8, 4) is 0 Å². The van der Waals surface area contributed by atoms with Gasteiger partial charge in [0.15, 0.2) is 0 Å². The third-order valence-electron chi connectivity index (χ3n) is 4.45. The molecule has 1 aliphatic heterocycles. The second-order valence-electron chi connectivity index (χ2n) is 6.21. The summed E-state index contributed by atoms with van der Waals surface area (Å²) in [6, 6.07) is 0.568. The summed E-state index contributed by atoms with van der Waals surface area (Å²) in [5.74, 6) is 0.870. The Morgan fingerprint density at radius 3 is 2.89 bits per heavy atom. The second-order valence-corrected chi connectivity index (χ2v) is 6.21. The van der Waals surface area contributed by atoms with E-state index in [1.54, 1.807) is 4.68 Å². The van der Waals surface area contributed by atoms with E-state index in [2.05, 4.69) is 34.4 Å². The molecule has 0 bridgehead atoms. The van der Waals surface area contributed by atoms with Crippen LogP contribution in [-0.4, -0.2) is 44.6 Å². The molecule has 2 heterocycles.